The van der Waals surface area contributed by atoms with Crippen LogP contribution >= 0.6 is 0 Å². The van der Waals surface area contributed by atoms with Crippen LogP contribution in [0.5, 0.6) is 0 Å². The van der Waals surface area contributed by atoms with E-state index in [1.807, 2.05) is 18.2 Å². The van der Waals surface area contributed by atoms with E-state index in [4.69, 9.17) is 0 Å². The number of nitrogens with zero attached hydrogens (tertiary/aromatic N) is 2. The number of hydrogen-bond acceptors (Lipinski definition) is 3. The quantitative estimate of drug-likeness (QED) is 0.918. The van der Waals surface area contributed by atoms with Crippen LogP contribution in [0.4, 0.5) is 10.2 Å². The highest BCUT2D eigenvalue weighted by Gasteiger charge is 2.22. The number of carbonyl (C=O) groups is 1. The minimum atomic E-state index is -0.250. The Kier molecular flexibility index (Phi) is 5.41. The highest BCUT2D eigenvalue weighted by Crippen LogP contribution is 2.17. The Morgan fingerprint density at radius 2 is 2.08 bits per heavy atom. The van der Waals surface area contributed by atoms with Crippen molar-refractivity contribution in [3.05, 3.63) is 60.0 Å². The second kappa shape index (κ2) is 7.90. The lowest BCUT2D eigenvalue weighted by molar-refractivity contribution is -0.121. The molecule has 24 heavy (non-hydrogen) atoms. The number of rotatable bonds is 5. The SMILES string of the molecule is O=C(CCc1ccc(F)cc1)NC1CCCN(c2ccccn2)C1. The third-order valence-corrected chi connectivity index (χ3v) is 4.31. The van der Waals surface area contributed by atoms with Gasteiger partial charge in [0, 0.05) is 31.7 Å². The first kappa shape index (κ1) is 16.4. The van der Waals surface area contributed by atoms with Crippen molar-refractivity contribution >= 4 is 11.7 Å². The Bertz CT molecular complexity index is 660. The molecule has 1 aliphatic heterocycles. The fraction of sp³-hybridized carbons (Fsp3) is 0.368. The normalized spacial score (nSPS) is 17.5. The number of carbonyl (C=O) groups excluding carboxylic acids is 1. The number of aromatic nitrogens is 1. The van der Waals surface area contributed by atoms with Gasteiger partial charge in [0.05, 0.1) is 0 Å². The van der Waals surface area contributed by atoms with Gasteiger partial charge < -0.3 is 10.2 Å². The molecule has 1 atom stereocenters. The lowest BCUT2D eigenvalue weighted by atomic mass is 10.0. The minimum absolute atomic E-state index is 0.0483. The summed E-state index contributed by atoms with van der Waals surface area (Å²) in [6, 6.07) is 12.4. The Hall–Kier alpha value is -2.43. The minimum Gasteiger partial charge on any atom is -0.355 e. The summed E-state index contributed by atoms with van der Waals surface area (Å²) in [6.07, 6.45) is 4.87. The number of anilines is 1. The van der Waals surface area contributed by atoms with Crippen molar-refractivity contribution in [3.63, 3.8) is 0 Å². The highest BCUT2D eigenvalue weighted by molar-refractivity contribution is 5.76. The average Bonchev–Trinajstić information content (AvgIpc) is 2.62. The first-order valence-electron chi connectivity index (χ1n) is 8.40. The van der Waals surface area contributed by atoms with Crippen molar-refractivity contribution in [1.82, 2.24) is 10.3 Å². The highest BCUT2D eigenvalue weighted by atomic mass is 19.1. The largest absolute Gasteiger partial charge is 0.355 e. The lowest BCUT2D eigenvalue weighted by Crippen LogP contribution is -2.48. The van der Waals surface area contributed by atoms with E-state index in [0.29, 0.717) is 12.8 Å². The van der Waals surface area contributed by atoms with E-state index in [0.717, 1.165) is 37.3 Å². The van der Waals surface area contributed by atoms with Crippen molar-refractivity contribution in [2.45, 2.75) is 31.7 Å². The van der Waals surface area contributed by atoms with Crippen LogP contribution in [0.1, 0.15) is 24.8 Å². The molecule has 1 aliphatic rings. The zero-order chi connectivity index (χ0) is 16.8. The molecule has 1 aromatic heterocycles. The van der Waals surface area contributed by atoms with Crippen LogP contribution in [-0.4, -0.2) is 30.0 Å². The molecule has 0 radical (unpaired) electrons. The number of piperidine rings is 1. The lowest BCUT2D eigenvalue weighted by Gasteiger charge is -2.34. The van der Waals surface area contributed by atoms with Crippen LogP contribution in [-0.2, 0) is 11.2 Å². The second-order valence-electron chi connectivity index (χ2n) is 6.17. The van der Waals surface area contributed by atoms with Gasteiger partial charge in [-0.05, 0) is 49.1 Å². The molecule has 1 aromatic carbocycles. The molecular weight excluding hydrogens is 305 g/mol. The predicted molar refractivity (Wildman–Crippen MR) is 92.3 cm³/mol. The molecule has 0 bridgehead atoms. The molecule has 2 heterocycles. The number of pyridine rings is 1. The van der Waals surface area contributed by atoms with Gasteiger partial charge in [0.1, 0.15) is 11.6 Å². The van der Waals surface area contributed by atoms with Crippen molar-refractivity contribution in [2.24, 2.45) is 0 Å². The van der Waals surface area contributed by atoms with Gasteiger partial charge in [-0.15, -0.1) is 0 Å². The molecule has 126 valence electrons. The number of amides is 1. The zero-order valence-corrected chi connectivity index (χ0v) is 13.6. The van der Waals surface area contributed by atoms with Gasteiger partial charge in [-0.3, -0.25) is 4.79 Å². The van der Waals surface area contributed by atoms with E-state index >= 15 is 0 Å². The summed E-state index contributed by atoms with van der Waals surface area (Å²) < 4.78 is 12.9. The van der Waals surface area contributed by atoms with Crippen LogP contribution < -0.4 is 10.2 Å². The Labute approximate surface area is 141 Å². The van der Waals surface area contributed by atoms with Crippen molar-refractivity contribution < 1.29 is 9.18 Å². The third kappa shape index (κ3) is 4.54. The van der Waals surface area contributed by atoms with Crippen LogP contribution in [0.3, 0.4) is 0 Å². The van der Waals surface area contributed by atoms with Crippen LogP contribution in [0.25, 0.3) is 0 Å². The average molecular weight is 327 g/mol. The smallest absolute Gasteiger partial charge is 0.220 e. The van der Waals surface area contributed by atoms with E-state index in [9.17, 15) is 9.18 Å². The topological polar surface area (TPSA) is 45.2 Å². The molecule has 0 spiro atoms. The molecule has 0 saturated carbocycles. The molecule has 3 rings (SSSR count). The molecule has 1 unspecified atom stereocenters. The number of nitrogens with one attached hydrogen (secondary N) is 1. The van der Waals surface area contributed by atoms with Gasteiger partial charge in [-0.1, -0.05) is 18.2 Å². The van der Waals surface area contributed by atoms with E-state index in [2.05, 4.69) is 15.2 Å². The standard InChI is InChI=1S/C19H22FN3O/c20-16-9-6-15(7-10-16)8-11-19(24)22-17-4-3-13-23(14-17)18-5-1-2-12-21-18/h1-2,5-7,9-10,12,17H,3-4,8,11,13-14H2,(H,22,24). The Morgan fingerprint density at radius 1 is 1.25 bits per heavy atom. The van der Waals surface area contributed by atoms with Crippen LogP contribution in [0.15, 0.2) is 48.7 Å². The van der Waals surface area contributed by atoms with Crippen molar-refractivity contribution in [1.29, 1.82) is 0 Å². The van der Waals surface area contributed by atoms with Gasteiger partial charge in [-0.25, -0.2) is 9.37 Å². The monoisotopic (exact) mass is 327 g/mol. The molecule has 1 amide bonds. The number of halogens is 1. The fourth-order valence-corrected chi connectivity index (χ4v) is 3.05. The second-order valence-corrected chi connectivity index (χ2v) is 6.17. The van der Waals surface area contributed by atoms with Crippen molar-refractivity contribution in [2.75, 3.05) is 18.0 Å². The van der Waals surface area contributed by atoms with E-state index in [1.54, 1.807) is 18.3 Å². The maximum atomic E-state index is 12.9. The molecule has 5 heteroatoms. The van der Waals surface area contributed by atoms with E-state index < -0.39 is 0 Å². The van der Waals surface area contributed by atoms with Gasteiger partial charge in [-0.2, -0.15) is 0 Å². The van der Waals surface area contributed by atoms with Crippen molar-refractivity contribution in [3.8, 4) is 0 Å². The molecular formula is C19H22FN3O. The fourth-order valence-electron chi connectivity index (χ4n) is 3.05. The Morgan fingerprint density at radius 3 is 2.83 bits per heavy atom. The van der Waals surface area contributed by atoms with Crippen LogP contribution in [0, 0.1) is 5.82 Å². The van der Waals surface area contributed by atoms with E-state index in [1.165, 1.54) is 12.1 Å². The summed E-state index contributed by atoms with van der Waals surface area (Å²) in [5.41, 5.74) is 0.977. The summed E-state index contributed by atoms with van der Waals surface area (Å²) in [7, 11) is 0. The zero-order valence-electron chi connectivity index (χ0n) is 13.6. The molecule has 1 N–H and O–H groups in total. The van der Waals surface area contributed by atoms with Crippen LogP contribution in [0.2, 0.25) is 0 Å². The van der Waals surface area contributed by atoms with Gasteiger partial charge in [0.2, 0.25) is 5.91 Å². The summed E-state index contributed by atoms with van der Waals surface area (Å²) >= 11 is 0. The summed E-state index contributed by atoms with van der Waals surface area (Å²) in [5, 5.41) is 3.12. The summed E-state index contributed by atoms with van der Waals surface area (Å²) in [6.45, 7) is 1.76. The van der Waals surface area contributed by atoms with E-state index in [-0.39, 0.29) is 17.8 Å². The predicted octanol–water partition coefficient (Wildman–Crippen LogP) is 2.94. The third-order valence-electron chi connectivity index (χ3n) is 4.31. The summed E-state index contributed by atoms with van der Waals surface area (Å²) in [5.74, 6) is 0.759. The first-order chi connectivity index (χ1) is 11.7. The molecule has 4 nitrogen and oxygen atoms in total. The number of hydrogen-bond donors (Lipinski definition) is 1. The maximum absolute atomic E-state index is 12.9. The van der Waals surface area contributed by atoms with Gasteiger partial charge in [0.15, 0.2) is 0 Å². The maximum Gasteiger partial charge on any atom is 0.220 e. The number of benzene rings is 1. The van der Waals surface area contributed by atoms with Gasteiger partial charge >= 0.3 is 0 Å². The molecule has 0 aliphatic carbocycles. The molecule has 2 aromatic rings. The molecule has 1 fully saturated rings. The van der Waals surface area contributed by atoms with Gasteiger partial charge in [0.25, 0.3) is 0 Å². The summed E-state index contributed by atoms with van der Waals surface area (Å²) in [4.78, 5) is 18.8. The Balaban J connectivity index is 1.48. The first-order valence-corrected chi connectivity index (χ1v) is 8.40. The number of aryl methyl sites for hydroxylation is 1. The molecule has 1 saturated heterocycles.